The number of halogens is 1. The summed E-state index contributed by atoms with van der Waals surface area (Å²) in [4.78, 5) is 21.4. The molecule has 1 saturated heterocycles. The van der Waals surface area contributed by atoms with Gasteiger partial charge in [-0.15, -0.1) is 0 Å². The number of carboxylic acid groups (broad SMARTS) is 1. The van der Waals surface area contributed by atoms with E-state index in [9.17, 15) is 9.90 Å². The third kappa shape index (κ3) is 5.62. The summed E-state index contributed by atoms with van der Waals surface area (Å²) in [7, 11) is -1.24. The third-order valence-corrected chi connectivity index (χ3v) is 8.36. The highest BCUT2D eigenvalue weighted by Crippen LogP contribution is 2.32. The van der Waals surface area contributed by atoms with Crippen molar-refractivity contribution in [2.75, 3.05) is 13.2 Å². The average Bonchev–Trinajstić information content (AvgIpc) is 3.49. The fraction of sp³-hybridized carbons (Fsp3) is 0.462. The van der Waals surface area contributed by atoms with E-state index in [0.29, 0.717) is 41.8 Å². The van der Waals surface area contributed by atoms with E-state index in [1.54, 1.807) is 16.8 Å². The van der Waals surface area contributed by atoms with Gasteiger partial charge in [0.15, 0.2) is 11.4 Å². The van der Waals surface area contributed by atoms with E-state index >= 15 is 0 Å². The van der Waals surface area contributed by atoms with E-state index in [2.05, 4.69) is 24.6 Å². The van der Waals surface area contributed by atoms with Crippen LogP contribution in [0.25, 0.3) is 33.5 Å². The number of hydrogen-bond acceptors (Lipinski definition) is 7. The molecule has 0 saturated carbocycles. The first-order valence-corrected chi connectivity index (χ1v) is 16.6. The van der Waals surface area contributed by atoms with E-state index in [1.807, 2.05) is 30.7 Å². The lowest BCUT2D eigenvalue weighted by Gasteiger charge is -2.17. The Kier molecular flexibility index (Phi) is 7.07. The Morgan fingerprint density at radius 1 is 1.32 bits per heavy atom. The molecule has 4 aromatic rings. The van der Waals surface area contributed by atoms with Crippen LogP contribution in [0.3, 0.4) is 0 Å². The lowest BCUT2D eigenvalue weighted by molar-refractivity contribution is -0.139. The molecule has 202 valence electrons. The second-order valence-electron chi connectivity index (χ2n) is 11.2. The zero-order valence-corrected chi connectivity index (χ0v) is 23.9. The van der Waals surface area contributed by atoms with Crippen molar-refractivity contribution in [2.45, 2.75) is 64.7 Å². The summed E-state index contributed by atoms with van der Waals surface area (Å²) in [6.07, 6.45) is 2.97. The van der Waals surface area contributed by atoms with Crippen molar-refractivity contribution in [3.05, 3.63) is 41.2 Å². The third-order valence-electron chi connectivity index (χ3n) is 6.42. The summed E-state index contributed by atoms with van der Waals surface area (Å²) >= 11 is 6.32. The second-order valence-corrected chi connectivity index (χ2v) is 17.3. The maximum atomic E-state index is 12.1. The number of ether oxygens (including phenoxy) is 3. The van der Waals surface area contributed by atoms with Crippen molar-refractivity contribution in [3.63, 3.8) is 0 Å². The van der Waals surface area contributed by atoms with E-state index in [0.717, 1.165) is 16.9 Å². The van der Waals surface area contributed by atoms with Gasteiger partial charge in [-0.3, -0.25) is 4.68 Å². The first kappa shape index (κ1) is 26.8. The summed E-state index contributed by atoms with van der Waals surface area (Å²) in [6.45, 7) is 12.3. The molecular weight excluding hydrogens is 526 g/mol. The molecule has 1 aliphatic rings. The number of carbonyl (C=O) groups is 1. The number of nitrogens with zero attached hydrogens (tertiary/aromatic N) is 5. The number of fused-ring (bicyclic) bond motifs is 2. The Hall–Kier alpha value is -2.83. The summed E-state index contributed by atoms with van der Waals surface area (Å²) in [5, 5.41) is 16.1. The van der Waals surface area contributed by atoms with Crippen molar-refractivity contribution in [2.24, 2.45) is 0 Å². The van der Waals surface area contributed by atoms with E-state index < -0.39 is 19.8 Å². The van der Waals surface area contributed by atoms with Crippen LogP contribution in [0.4, 0.5) is 0 Å². The number of aromatic carboxylic acids is 1. The van der Waals surface area contributed by atoms with Crippen LogP contribution < -0.4 is 0 Å². The van der Waals surface area contributed by atoms with Crippen molar-refractivity contribution >= 4 is 47.7 Å². The van der Waals surface area contributed by atoms with Gasteiger partial charge in [-0.1, -0.05) is 31.2 Å². The molecule has 3 aromatic heterocycles. The van der Waals surface area contributed by atoms with E-state index in [4.69, 9.17) is 35.9 Å². The van der Waals surface area contributed by atoms with Crippen molar-refractivity contribution in [1.29, 1.82) is 0 Å². The van der Waals surface area contributed by atoms with Gasteiger partial charge in [0.2, 0.25) is 0 Å². The van der Waals surface area contributed by atoms with Crippen LogP contribution in [0.5, 0.6) is 0 Å². The standard InChI is InChI=1S/C26H32ClN5O5Si/c1-26(2)36-14-17(37-26)12-32-21-10-16(27)6-7-18(21)22(30-32)20-11-28-24-23(29-20)19(25(33)34)13-31(24)15-35-8-9-38(3,4)5/h6-7,10-11,13,17H,8-9,12,14-15H2,1-5H3,(H,33,34). The Morgan fingerprint density at radius 3 is 2.79 bits per heavy atom. The molecule has 0 spiro atoms. The molecule has 1 aliphatic heterocycles. The highest BCUT2D eigenvalue weighted by molar-refractivity contribution is 6.76. The molecule has 10 nitrogen and oxygen atoms in total. The maximum Gasteiger partial charge on any atom is 0.339 e. The SMILES string of the molecule is CC1(C)OCC(Cn2nc(-c3cnc4c(n3)c(C(=O)O)cn4COCC[Si](C)(C)C)c3ccc(Cl)cc32)O1. The van der Waals surface area contributed by atoms with Gasteiger partial charge in [0.1, 0.15) is 35.3 Å². The quantitative estimate of drug-likeness (QED) is 0.219. The molecule has 1 fully saturated rings. The van der Waals surface area contributed by atoms with Crippen LogP contribution >= 0.6 is 11.6 Å². The summed E-state index contributed by atoms with van der Waals surface area (Å²) in [5.41, 5.74) is 2.66. The van der Waals surface area contributed by atoms with Crippen LogP contribution in [0.15, 0.2) is 30.6 Å². The number of benzene rings is 1. The Morgan fingerprint density at radius 2 is 2.11 bits per heavy atom. The molecule has 1 atom stereocenters. The van der Waals surface area contributed by atoms with Gasteiger partial charge in [0.05, 0.1) is 24.9 Å². The molecule has 38 heavy (non-hydrogen) atoms. The second kappa shape index (κ2) is 10.0. The van der Waals surface area contributed by atoms with Gasteiger partial charge in [-0.05, 0) is 38.1 Å². The average molecular weight is 558 g/mol. The fourth-order valence-corrected chi connectivity index (χ4v) is 5.41. The molecular formula is C26H32ClN5O5Si. The van der Waals surface area contributed by atoms with Gasteiger partial charge >= 0.3 is 5.97 Å². The Balaban J connectivity index is 1.50. The smallest absolute Gasteiger partial charge is 0.339 e. The number of aromatic nitrogens is 5. The van der Waals surface area contributed by atoms with Crippen LogP contribution in [0.1, 0.15) is 24.2 Å². The lowest BCUT2D eigenvalue weighted by atomic mass is 10.1. The zero-order valence-electron chi connectivity index (χ0n) is 22.2. The molecule has 0 bridgehead atoms. The zero-order chi connectivity index (χ0) is 27.2. The minimum atomic E-state index is -1.24. The Bertz CT molecular complexity index is 1510. The molecule has 4 heterocycles. The highest BCUT2D eigenvalue weighted by atomic mass is 35.5. The normalized spacial score (nSPS) is 17.6. The minimum absolute atomic E-state index is 0.0636. The van der Waals surface area contributed by atoms with Crippen LogP contribution in [0, 0.1) is 0 Å². The molecule has 0 amide bonds. The van der Waals surface area contributed by atoms with Gasteiger partial charge in [-0.25, -0.2) is 14.8 Å². The topological polar surface area (TPSA) is 114 Å². The van der Waals surface area contributed by atoms with Gasteiger partial charge in [0, 0.05) is 31.3 Å². The van der Waals surface area contributed by atoms with Gasteiger partial charge in [-0.2, -0.15) is 5.10 Å². The first-order chi connectivity index (χ1) is 17.9. The minimum Gasteiger partial charge on any atom is -0.478 e. The van der Waals surface area contributed by atoms with Gasteiger partial charge < -0.3 is 23.9 Å². The number of rotatable bonds is 9. The fourth-order valence-electron chi connectivity index (χ4n) is 4.48. The molecule has 0 aliphatic carbocycles. The predicted molar refractivity (Wildman–Crippen MR) is 147 cm³/mol. The molecule has 0 radical (unpaired) electrons. The monoisotopic (exact) mass is 557 g/mol. The van der Waals surface area contributed by atoms with Crippen LogP contribution in [0.2, 0.25) is 30.7 Å². The van der Waals surface area contributed by atoms with Crippen molar-refractivity contribution in [3.8, 4) is 11.4 Å². The summed E-state index contributed by atoms with van der Waals surface area (Å²) < 4.78 is 21.1. The summed E-state index contributed by atoms with van der Waals surface area (Å²) in [5.74, 6) is -1.73. The number of hydrogen-bond donors (Lipinski definition) is 1. The molecule has 1 unspecified atom stereocenters. The van der Waals surface area contributed by atoms with Gasteiger partial charge in [0.25, 0.3) is 0 Å². The summed E-state index contributed by atoms with van der Waals surface area (Å²) in [6, 6.07) is 6.54. The van der Waals surface area contributed by atoms with Crippen LogP contribution in [-0.2, 0) is 27.5 Å². The maximum absolute atomic E-state index is 12.1. The highest BCUT2D eigenvalue weighted by Gasteiger charge is 2.33. The van der Waals surface area contributed by atoms with E-state index in [-0.39, 0.29) is 23.9 Å². The molecule has 5 rings (SSSR count). The first-order valence-electron chi connectivity index (χ1n) is 12.6. The van der Waals surface area contributed by atoms with Crippen LogP contribution in [-0.4, -0.2) is 68.6 Å². The molecule has 12 heteroatoms. The van der Waals surface area contributed by atoms with Crippen molar-refractivity contribution in [1.82, 2.24) is 24.3 Å². The number of carboxylic acids is 1. The largest absolute Gasteiger partial charge is 0.478 e. The van der Waals surface area contributed by atoms with Crippen molar-refractivity contribution < 1.29 is 24.1 Å². The Labute approximate surface area is 226 Å². The van der Waals surface area contributed by atoms with E-state index in [1.165, 1.54) is 6.20 Å². The molecule has 1 N–H and O–H groups in total. The molecule has 1 aromatic carbocycles. The predicted octanol–water partition coefficient (Wildman–Crippen LogP) is 5.26. The lowest BCUT2D eigenvalue weighted by Crippen LogP contribution is -2.24.